The fourth-order valence-electron chi connectivity index (χ4n) is 2.90. The van der Waals surface area contributed by atoms with Crippen LogP contribution >= 0.6 is 0 Å². The van der Waals surface area contributed by atoms with Crippen molar-refractivity contribution < 1.29 is 19.1 Å². The summed E-state index contributed by atoms with van der Waals surface area (Å²) in [6, 6.07) is 12.4. The number of rotatable bonds is 7. The molecule has 0 saturated carbocycles. The summed E-state index contributed by atoms with van der Waals surface area (Å²) in [5.74, 6) is 1.31. The molecule has 0 atom stereocenters. The molecule has 0 N–H and O–H groups in total. The van der Waals surface area contributed by atoms with Crippen molar-refractivity contribution in [2.75, 3.05) is 13.7 Å². The van der Waals surface area contributed by atoms with E-state index in [2.05, 4.69) is 13.8 Å². The van der Waals surface area contributed by atoms with Gasteiger partial charge in [-0.15, -0.1) is 0 Å². The highest BCUT2D eigenvalue weighted by Crippen LogP contribution is 2.30. The second kappa shape index (κ2) is 7.60. The van der Waals surface area contributed by atoms with Gasteiger partial charge in [-0.2, -0.15) is 0 Å². The van der Waals surface area contributed by atoms with Gasteiger partial charge in [0.1, 0.15) is 0 Å². The molecule has 0 saturated heterocycles. The molecule has 0 spiro atoms. The number of ether oxygens (including phenoxy) is 2. The normalized spacial score (nSPS) is 13.3. The Balaban J connectivity index is 1.75. The first-order valence-electron chi connectivity index (χ1n) is 8.76. The van der Waals surface area contributed by atoms with Gasteiger partial charge in [0.15, 0.2) is 11.5 Å². The molecule has 0 bridgehead atoms. The summed E-state index contributed by atoms with van der Waals surface area (Å²) < 4.78 is 11.2. The molecule has 136 valence electrons. The van der Waals surface area contributed by atoms with Crippen LogP contribution in [-0.2, 0) is 6.54 Å². The van der Waals surface area contributed by atoms with Crippen molar-refractivity contribution in [3.05, 3.63) is 59.2 Å². The van der Waals surface area contributed by atoms with Crippen LogP contribution in [0.25, 0.3) is 0 Å². The fraction of sp³-hybridized carbons (Fsp3) is 0.333. The van der Waals surface area contributed by atoms with Crippen molar-refractivity contribution in [2.45, 2.75) is 26.8 Å². The molecule has 0 aliphatic carbocycles. The predicted octanol–water partition coefficient (Wildman–Crippen LogP) is 3.92. The number of carbonyl (C=O) groups excluding carboxylic acids is 2. The van der Waals surface area contributed by atoms with E-state index >= 15 is 0 Å². The molecule has 1 aliphatic rings. The number of benzene rings is 2. The summed E-state index contributed by atoms with van der Waals surface area (Å²) in [4.78, 5) is 26.2. The van der Waals surface area contributed by atoms with Crippen LogP contribution in [0.5, 0.6) is 11.5 Å². The van der Waals surface area contributed by atoms with E-state index in [1.807, 2.05) is 18.2 Å². The lowest BCUT2D eigenvalue weighted by atomic mass is 10.1. The number of hydrogen-bond donors (Lipinski definition) is 0. The van der Waals surface area contributed by atoms with Crippen LogP contribution < -0.4 is 9.47 Å². The molecular weight excluding hydrogens is 330 g/mol. The van der Waals surface area contributed by atoms with Gasteiger partial charge in [0, 0.05) is 0 Å². The quantitative estimate of drug-likeness (QED) is 0.708. The maximum Gasteiger partial charge on any atom is 0.261 e. The highest BCUT2D eigenvalue weighted by Gasteiger charge is 2.35. The molecule has 2 aromatic rings. The minimum atomic E-state index is -0.262. The number of methoxy groups -OCH3 is 1. The molecule has 0 radical (unpaired) electrons. The first kappa shape index (κ1) is 18.0. The smallest absolute Gasteiger partial charge is 0.261 e. The lowest BCUT2D eigenvalue weighted by Gasteiger charge is -2.16. The Labute approximate surface area is 153 Å². The van der Waals surface area contributed by atoms with Crippen LogP contribution in [0.1, 0.15) is 46.5 Å². The zero-order valence-electron chi connectivity index (χ0n) is 15.3. The van der Waals surface area contributed by atoms with E-state index in [0.717, 1.165) is 12.0 Å². The summed E-state index contributed by atoms with van der Waals surface area (Å²) in [5, 5.41) is 0. The van der Waals surface area contributed by atoms with E-state index in [-0.39, 0.29) is 18.4 Å². The van der Waals surface area contributed by atoms with Crippen LogP contribution in [0.2, 0.25) is 0 Å². The number of nitrogens with zero attached hydrogens (tertiary/aromatic N) is 1. The molecule has 0 fully saturated rings. The molecule has 5 heteroatoms. The molecule has 1 aliphatic heterocycles. The Bertz CT molecular complexity index is 794. The van der Waals surface area contributed by atoms with Gasteiger partial charge in [-0.25, -0.2) is 0 Å². The zero-order valence-corrected chi connectivity index (χ0v) is 15.3. The highest BCUT2D eigenvalue weighted by atomic mass is 16.5. The third kappa shape index (κ3) is 3.57. The van der Waals surface area contributed by atoms with Crippen LogP contribution in [0.15, 0.2) is 42.5 Å². The molecule has 5 nitrogen and oxygen atoms in total. The van der Waals surface area contributed by atoms with E-state index in [9.17, 15) is 9.59 Å². The van der Waals surface area contributed by atoms with Crippen molar-refractivity contribution in [3.8, 4) is 11.5 Å². The molecule has 2 aromatic carbocycles. The number of carbonyl (C=O) groups is 2. The van der Waals surface area contributed by atoms with E-state index in [0.29, 0.717) is 35.2 Å². The van der Waals surface area contributed by atoms with Gasteiger partial charge in [0.25, 0.3) is 11.8 Å². The lowest BCUT2D eigenvalue weighted by Crippen LogP contribution is -2.29. The summed E-state index contributed by atoms with van der Waals surface area (Å²) in [6.45, 7) is 5.11. The molecule has 26 heavy (non-hydrogen) atoms. The van der Waals surface area contributed by atoms with Crippen molar-refractivity contribution in [2.24, 2.45) is 5.92 Å². The fourth-order valence-corrected chi connectivity index (χ4v) is 2.90. The Morgan fingerprint density at radius 1 is 0.962 bits per heavy atom. The maximum absolute atomic E-state index is 12.5. The second-order valence-electron chi connectivity index (χ2n) is 6.76. The minimum absolute atomic E-state index is 0.203. The zero-order chi connectivity index (χ0) is 18.7. The lowest BCUT2D eigenvalue weighted by molar-refractivity contribution is 0.0642. The third-order valence-electron chi connectivity index (χ3n) is 4.40. The molecular formula is C21H23NO4. The van der Waals surface area contributed by atoms with Crippen molar-refractivity contribution in [1.29, 1.82) is 0 Å². The van der Waals surface area contributed by atoms with Crippen LogP contribution in [0, 0.1) is 5.92 Å². The molecule has 0 aromatic heterocycles. The third-order valence-corrected chi connectivity index (χ3v) is 4.40. The summed E-state index contributed by atoms with van der Waals surface area (Å²) in [6.07, 6.45) is 0.958. The topological polar surface area (TPSA) is 55.8 Å². The van der Waals surface area contributed by atoms with Crippen LogP contribution in [0.3, 0.4) is 0 Å². The second-order valence-corrected chi connectivity index (χ2v) is 6.76. The number of imide groups is 1. The Hall–Kier alpha value is -2.82. The first-order valence-corrected chi connectivity index (χ1v) is 8.76. The molecule has 2 amide bonds. The van der Waals surface area contributed by atoms with E-state index in [1.165, 1.54) is 4.90 Å². The first-order chi connectivity index (χ1) is 12.5. The van der Waals surface area contributed by atoms with Gasteiger partial charge >= 0.3 is 0 Å². The standard InChI is InChI=1S/C21H23NO4/c1-14(2)10-11-26-18-9-8-15(12-19(18)25-3)13-22-20(23)16-6-4-5-7-17(16)21(22)24/h4-9,12,14H,10-11,13H2,1-3H3. The van der Waals surface area contributed by atoms with E-state index in [4.69, 9.17) is 9.47 Å². The number of fused-ring (bicyclic) bond motifs is 1. The molecule has 0 unspecified atom stereocenters. The Morgan fingerprint density at radius 2 is 1.62 bits per heavy atom. The predicted molar refractivity (Wildman–Crippen MR) is 98.6 cm³/mol. The summed E-state index contributed by atoms with van der Waals surface area (Å²) in [5.41, 5.74) is 1.73. The van der Waals surface area contributed by atoms with E-state index in [1.54, 1.807) is 31.4 Å². The Morgan fingerprint density at radius 3 is 2.19 bits per heavy atom. The van der Waals surface area contributed by atoms with E-state index < -0.39 is 0 Å². The Kier molecular flexibility index (Phi) is 5.26. The van der Waals surface area contributed by atoms with Gasteiger partial charge in [-0.3, -0.25) is 14.5 Å². The van der Waals surface area contributed by atoms with Gasteiger partial charge in [-0.1, -0.05) is 32.0 Å². The van der Waals surface area contributed by atoms with Gasteiger partial charge < -0.3 is 9.47 Å². The monoisotopic (exact) mass is 353 g/mol. The molecule has 1 heterocycles. The summed E-state index contributed by atoms with van der Waals surface area (Å²) in [7, 11) is 1.58. The molecule has 3 rings (SSSR count). The van der Waals surface area contributed by atoms with Gasteiger partial charge in [0.2, 0.25) is 0 Å². The largest absolute Gasteiger partial charge is 0.493 e. The number of amides is 2. The average Bonchev–Trinajstić information content (AvgIpc) is 2.87. The maximum atomic E-state index is 12.5. The van der Waals surface area contributed by atoms with Gasteiger partial charge in [0.05, 0.1) is 31.4 Å². The van der Waals surface area contributed by atoms with Crippen molar-refractivity contribution in [1.82, 2.24) is 4.90 Å². The highest BCUT2D eigenvalue weighted by molar-refractivity contribution is 6.21. The SMILES string of the molecule is COc1cc(CN2C(=O)c3ccccc3C2=O)ccc1OCCC(C)C. The average molecular weight is 353 g/mol. The number of hydrogen-bond acceptors (Lipinski definition) is 4. The van der Waals surface area contributed by atoms with Crippen molar-refractivity contribution >= 4 is 11.8 Å². The van der Waals surface area contributed by atoms with Crippen LogP contribution in [-0.4, -0.2) is 30.4 Å². The van der Waals surface area contributed by atoms with Gasteiger partial charge in [-0.05, 0) is 42.2 Å². The minimum Gasteiger partial charge on any atom is -0.493 e. The summed E-state index contributed by atoms with van der Waals surface area (Å²) >= 11 is 0. The van der Waals surface area contributed by atoms with Crippen LogP contribution in [0.4, 0.5) is 0 Å². The van der Waals surface area contributed by atoms with Crippen molar-refractivity contribution in [3.63, 3.8) is 0 Å².